The maximum absolute atomic E-state index is 6.37. The van der Waals surface area contributed by atoms with Gasteiger partial charge < -0.3 is 4.98 Å². The number of nitrogens with zero attached hydrogens (tertiary/aromatic N) is 2. The van der Waals surface area contributed by atoms with Crippen molar-refractivity contribution in [1.29, 1.82) is 0 Å². The lowest BCUT2D eigenvalue weighted by atomic mass is 9.99. The van der Waals surface area contributed by atoms with Crippen molar-refractivity contribution in [2.24, 2.45) is 0 Å². The second kappa shape index (κ2) is 6.42. The van der Waals surface area contributed by atoms with Crippen LogP contribution in [0.15, 0.2) is 48.8 Å². The summed E-state index contributed by atoms with van der Waals surface area (Å²) in [5, 5.41) is 2.08. The fourth-order valence-corrected chi connectivity index (χ4v) is 3.69. The van der Waals surface area contributed by atoms with Gasteiger partial charge in [0.15, 0.2) is 0 Å². The molecule has 0 atom stereocenters. The number of hydrogen-bond acceptors (Lipinski definition) is 2. The van der Waals surface area contributed by atoms with E-state index in [0.29, 0.717) is 0 Å². The van der Waals surface area contributed by atoms with E-state index in [0.717, 1.165) is 36.7 Å². The van der Waals surface area contributed by atoms with Gasteiger partial charge in [0.05, 0.1) is 0 Å². The van der Waals surface area contributed by atoms with Crippen LogP contribution >= 0.6 is 11.6 Å². The van der Waals surface area contributed by atoms with Crippen LogP contribution in [0.3, 0.4) is 0 Å². The molecule has 3 aromatic rings. The van der Waals surface area contributed by atoms with Crippen molar-refractivity contribution in [3.05, 3.63) is 70.5 Å². The Labute approximate surface area is 147 Å². The summed E-state index contributed by atoms with van der Waals surface area (Å²) in [6.07, 6.45) is 7.29. The Morgan fingerprint density at radius 2 is 2.17 bits per heavy atom. The predicted octanol–water partition coefficient (Wildman–Crippen LogP) is 4.81. The molecular weight excluding hydrogens is 318 g/mol. The van der Waals surface area contributed by atoms with E-state index in [-0.39, 0.29) is 0 Å². The van der Waals surface area contributed by atoms with Gasteiger partial charge in [-0.05, 0) is 48.2 Å². The topological polar surface area (TPSA) is 31.9 Å². The molecule has 0 spiro atoms. The lowest BCUT2D eigenvalue weighted by Gasteiger charge is -2.27. The van der Waals surface area contributed by atoms with Crippen molar-refractivity contribution >= 4 is 28.2 Å². The van der Waals surface area contributed by atoms with E-state index in [1.165, 1.54) is 27.6 Å². The largest absolute Gasteiger partial charge is 0.346 e. The Morgan fingerprint density at radius 3 is 2.96 bits per heavy atom. The molecule has 2 aromatic heterocycles. The molecule has 122 valence electrons. The summed E-state index contributed by atoms with van der Waals surface area (Å²) in [6.45, 7) is 5.03. The van der Waals surface area contributed by atoms with Crippen LogP contribution in [0.4, 0.5) is 0 Å². The first-order valence-electron chi connectivity index (χ1n) is 8.30. The molecule has 4 rings (SSSR count). The molecule has 0 saturated carbocycles. The average molecular weight is 338 g/mol. The van der Waals surface area contributed by atoms with Crippen molar-refractivity contribution in [3.63, 3.8) is 0 Å². The van der Waals surface area contributed by atoms with E-state index < -0.39 is 0 Å². The molecule has 24 heavy (non-hydrogen) atoms. The van der Waals surface area contributed by atoms with Gasteiger partial charge in [0.25, 0.3) is 0 Å². The number of nitrogens with one attached hydrogen (secondary N) is 1. The van der Waals surface area contributed by atoms with Gasteiger partial charge in [0, 0.05) is 48.0 Å². The van der Waals surface area contributed by atoms with E-state index in [1.807, 2.05) is 24.4 Å². The van der Waals surface area contributed by atoms with Gasteiger partial charge in [-0.3, -0.25) is 4.90 Å². The number of pyridine rings is 1. The number of rotatable bonds is 3. The van der Waals surface area contributed by atoms with Crippen LogP contribution in [0.1, 0.15) is 23.1 Å². The number of benzene rings is 1. The first-order valence-corrected chi connectivity index (χ1v) is 8.68. The molecule has 0 radical (unpaired) electrons. The third kappa shape index (κ3) is 2.85. The van der Waals surface area contributed by atoms with E-state index in [2.05, 4.69) is 46.2 Å². The summed E-state index contributed by atoms with van der Waals surface area (Å²) in [5.41, 5.74) is 6.16. The highest BCUT2D eigenvalue weighted by Gasteiger charge is 2.17. The number of H-pyrrole nitrogens is 1. The van der Waals surface area contributed by atoms with Crippen LogP contribution in [0.5, 0.6) is 0 Å². The summed E-state index contributed by atoms with van der Waals surface area (Å²) in [4.78, 5) is 10.1. The summed E-state index contributed by atoms with van der Waals surface area (Å²) in [5.74, 6) is 0. The molecule has 3 nitrogen and oxygen atoms in total. The third-order valence-corrected chi connectivity index (χ3v) is 5.18. The van der Waals surface area contributed by atoms with Crippen molar-refractivity contribution < 1.29 is 0 Å². The zero-order valence-corrected chi connectivity index (χ0v) is 14.5. The molecule has 0 unspecified atom stereocenters. The molecule has 0 amide bonds. The fraction of sp³-hybridized carbons (Fsp3) is 0.250. The molecule has 3 heterocycles. The van der Waals surface area contributed by atoms with E-state index in [9.17, 15) is 0 Å². The normalized spacial score (nSPS) is 15.7. The third-order valence-electron chi connectivity index (χ3n) is 4.83. The van der Waals surface area contributed by atoms with Gasteiger partial charge in [-0.2, -0.15) is 0 Å². The Bertz CT molecular complexity index is 890. The van der Waals surface area contributed by atoms with Gasteiger partial charge in [-0.15, -0.1) is 0 Å². The average Bonchev–Trinajstić information content (AvgIpc) is 3.03. The van der Waals surface area contributed by atoms with Gasteiger partial charge in [-0.25, -0.2) is 4.98 Å². The van der Waals surface area contributed by atoms with Crippen LogP contribution in [-0.2, 0) is 6.54 Å². The molecule has 0 aliphatic carbocycles. The second-order valence-electron chi connectivity index (χ2n) is 6.35. The zero-order chi connectivity index (χ0) is 16.5. The highest BCUT2D eigenvalue weighted by Crippen LogP contribution is 2.29. The van der Waals surface area contributed by atoms with Crippen molar-refractivity contribution in [2.75, 3.05) is 13.1 Å². The zero-order valence-electron chi connectivity index (χ0n) is 13.7. The van der Waals surface area contributed by atoms with Crippen LogP contribution in [0, 0.1) is 6.92 Å². The molecule has 1 aliphatic rings. The minimum Gasteiger partial charge on any atom is -0.346 e. The first-order chi connectivity index (χ1) is 11.7. The molecule has 4 heteroatoms. The van der Waals surface area contributed by atoms with Crippen molar-refractivity contribution in [1.82, 2.24) is 14.9 Å². The Kier molecular flexibility index (Phi) is 4.13. The number of hydrogen-bond donors (Lipinski definition) is 1. The number of fused-ring (bicyclic) bond motifs is 1. The van der Waals surface area contributed by atoms with Gasteiger partial charge in [0.2, 0.25) is 0 Å². The Morgan fingerprint density at radius 1 is 1.25 bits per heavy atom. The Hall–Kier alpha value is -2.10. The molecule has 0 saturated heterocycles. The van der Waals surface area contributed by atoms with Gasteiger partial charge in [0.1, 0.15) is 5.65 Å². The number of halogens is 1. The maximum atomic E-state index is 6.37. The van der Waals surface area contributed by atoms with E-state index in [4.69, 9.17) is 11.6 Å². The maximum Gasteiger partial charge on any atom is 0.137 e. The molecule has 1 aromatic carbocycles. The van der Waals surface area contributed by atoms with Crippen molar-refractivity contribution in [2.45, 2.75) is 19.9 Å². The van der Waals surface area contributed by atoms with Gasteiger partial charge >= 0.3 is 0 Å². The number of aryl methyl sites for hydroxylation is 1. The standard InChI is InChI=1S/C20H20ClN3/c1-14-4-2-6-19(21)18(14)13-24-10-7-15(8-11-24)17-12-23-20-16(17)5-3-9-22-20/h2-7,9,12H,8,10-11,13H2,1H3,(H,22,23). The van der Waals surface area contributed by atoms with Crippen LogP contribution in [0.25, 0.3) is 16.6 Å². The quantitative estimate of drug-likeness (QED) is 0.743. The minimum absolute atomic E-state index is 0.868. The molecule has 1 aliphatic heterocycles. The Balaban J connectivity index is 1.53. The SMILES string of the molecule is Cc1cccc(Cl)c1CN1CC=C(c2c[nH]c3ncccc23)CC1. The summed E-state index contributed by atoms with van der Waals surface area (Å²) in [7, 11) is 0. The van der Waals surface area contributed by atoms with Gasteiger partial charge in [-0.1, -0.05) is 29.8 Å². The molecular formula is C20H20ClN3. The lowest BCUT2D eigenvalue weighted by Crippen LogP contribution is -2.28. The monoisotopic (exact) mass is 337 g/mol. The molecule has 0 bridgehead atoms. The minimum atomic E-state index is 0.868. The van der Waals surface area contributed by atoms with Crippen molar-refractivity contribution in [3.8, 4) is 0 Å². The summed E-state index contributed by atoms with van der Waals surface area (Å²) < 4.78 is 0. The fourth-order valence-electron chi connectivity index (χ4n) is 3.41. The highest BCUT2D eigenvalue weighted by molar-refractivity contribution is 6.31. The predicted molar refractivity (Wildman–Crippen MR) is 100 cm³/mol. The van der Waals surface area contributed by atoms with Crippen LogP contribution in [-0.4, -0.2) is 28.0 Å². The number of aromatic amines is 1. The second-order valence-corrected chi connectivity index (χ2v) is 6.76. The smallest absolute Gasteiger partial charge is 0.137 e. The van der Waals surface area contributed by atoms with Crippen LogP contribution in [0.2, 0.25) is 5.02 Å². The van der Waals surface area contributed by atoms with E-state index in [1.54, 1.807) is 0 Å². The first kappa shape index (κ1) is 15.4. The van der Waals surface area contributed by atoms with Crippen LogP contribution < -0.4 is 0 Å². The molecule has 0 fully saturated rings. The highest BCUT2D eigenvalue weighted by atomic mass is 35.5. The molecule has 1 N–H and O–H groups in total. The summed E-state index contributed by atoms with van der Waals surface area (Å²) >= 11 is 6.37. The number of aromatic nitrogens is 2. The van der Waals surface area contributed by atoms with E-state index >= 15 is 0 Å². The lowest BCUT2D eigenvalue weighted by molar-refractivity contribution is 0.293. The summed E-state index contributed by atoms with van der Waals surface area (Å²) in [6, 6.07) is 10.3.